The van der Waals surface area contributed by atoms with Crippen molar-refractivity contribution >= 4 is 54.7 Å². The standard InChI is InChI=1S/C36H29BNO.CH3.ClH.Ru/c39-36-25-22-29-12-10-11-19-34(29)35(36)27-38-26-28-20-23-33(24-21-28)37(30-13-4-1-5-14-30,31-15-6-2-7-16-31)32-17-8-3-9-18-32;;;/h1-25,27,39H,26H2;1H3;1H;/q2*-1;;+3/p-1. The van der Waals surface area contributed by atoms with Crippen LogP contribution in [-0.4, -0.2) is 17.5 Å². The van der Waals surface area contributed by atoms with Gasteiger partial charge in [-0.25, -0.2) is 0 Å². The zero-order chi connectivity index (χ0) is 28.5. The molecule has 0 aromatic heterocycles. The van der Waals surface area contributed by atoms with Gasteiger partial charge in [-0.2, -0.15) is 21.9 Å². The van der Waals surface area contributed by atoms with E-state index >= 15 is 0 Å². The molecular weight excluding hydrogens is 622 g/mol. The predicted octanol–water partition coefficient (Wildman–Crippen LogP) is 6.68. The molecule has 0 saturated carbocycles. The average molecular weight is 654 g/mol. The first-order chi connectivity index (χ1) is 20.3. The second kappa shape index (κ2) is 14.8. The van der Waals surface area contributed by atoms with E-state index in [1.54, 1.807) is 12.3 Å². The molecule has 0 unspecified atom stereocenters. The number of hydrogen-bond acceptors (Lipinski definition) is 2. The quantitative estimate of drug-likeness (QED) is 0.116. The van der Waals surface area contributed by atoms with Gasteiger partial charge in [0.25, 0.3) is 0 Å². The number of fused-ring (bicyclic) bond motifs is 1. The van der Waals surface area contributed by atoms with E-state index in [1.165, 1.54) is 21.9 Å². The number of aromatic hydroxyl groups is 1. The summed E-state index contributed by atoms with van der Waals surface area (Å²) < 4.78 is 0. The summed E-state index contributed by atoms with van der Waals surface area (Å²) in [6, 6.07) is 53.1. The van der Waals surface area contributed by atoms with Crippen LogP contribution in [0.3, 0.4) is 0 Å². The Bertz CT molecular complexity index is 1630. The second-order valence-electron chi connectivity index (χ2n) is 10.0. The predicted molar refractivity (Wildman–Crippen MR) is 179 cm³/mol. The monoisotopic (exact) mass is 654 g/mol. The van der Waals surface area contributed by atoms with E-state index in [-0.39, 0.29) is 13.2 Å². The van der Waals surface area contributed by atoms with E-state index in [0.29, 0.717) is 6.54 Å². The molecule has 0 bridgehead atoms. The van der Waals surface area contributed by atoms with Crippen LogP contribution in [0.25, 0.3) is 10.8 Å². The van der Waals surface area contributed by atoms with Crippen molar-refractivity contribution < 1.29 is 22.4 Å². The number of phenols is 1. The zero-order valence-electron chi connectivity index (χ0n) is 23.4. The first-order valence-electron chi connectivity index (χ1n) is 13.5. The van der Waals surface area contributed by atoms with Crippen molar-refractivity contribution in [2.45, 2.75) is 6.54 Å². The van der Waals surface area contributed by atoms with E-state index in [4.69, 9.17) is 4.99 Å². The summed E-state index contributed by atoms with van der Waals surface area (Å²) in [5.41, 5.74) is 6.99. The molecule has 0 amide bonds. The molecule has 0 aliphatic heterocycles. The first-order valence-corrected chi connectivity index (χ1v) is 15.8. The number of nitrogens with zero attached hydrogens (tertiary/aromatic N) is 1. The number of hydrogen-bond donors (Lipinski definition) is 1. The van der Waals surface area contributed by atoms with Gasteiger partial charge in [0.2, 0.25) is 0 Å². The molecular formula is C37H32BClNORu. The number of halogens is 1. The van der Waals surface area contributed by atoms with Crippen LogP contribution in [0.15, 0.2) is 157 Å². The molecule has 0 radical (unpaired) electrons. The van der Waals surface area contributed by atoms with E-state index in [0.717, 1.165) is 21.9 Å². The third-order valence-electron chi connectivity index (χ3n) is 7.82. The molecule has 209 valence electrons. The molecule has 6 aromatic rings. The van der Waals surface area contributed by atoms with Crippen LogP contribution in [0.4, 0.5) is 0 Å². The molecule has 0 fully saturated rings. The molecule has 0 aliphatic carbocycles. The summed E-state index contributed by atoms with van der Waals surface area (Å²) in [5, 5.41) is 12.6. The third-order valence-corrected chi connectivity index (χ3v) is 7.82. The Kier molecular flexibility index (Phi) is 10.9. The van der Waals surface area contributed by atoms with Crippen molar-refractivity contribution in [3.8, 4) is 5.75 Å². The van der Waals surface area contributed by atoms with Crippen molar-refractivity contribution in [1.29, 1.82) is 0 Å². The van der Waals surface area contributed by atoms with Gasteiger partial charge in [-0.05, 0) is 22.4 Å². The van der Waals surface area contributed by atoms with Gasteiger partial charge >= 0.3 is 27.0 Å². The van der Waals surface area contributed by atoms with Crippen molar-refractivity contribution in [1.82, 2.24) is 0 Å². The summed E-state index contributed by atoms with van der Waals surface area (Å²) >= 11 is 1.82. The van der Waals surface area contributed by atoms with E-state index in [9.17, 15) is 5.11 Å². The maximum atomic E-state index is 10.5. The van der Waals surface area contributed by atoms with Gasteiger partial charge in [0.1, 0.15) is 11.9 Å². The normalized spacial score (nSPS) is 11.0. The van der Waals surface area contributed by atoms with Crippen molar-refractivity contribution in [3.05, 3.63) is 170 Å². The molecule has 1 N–H and O–H groups in total. The minimum absolute atomic E-state index is 0. The van der Waals surface area contributed by atoms with Gasteiger partial charge in [-0.15, -0.1) is 0 Å². The summed E-state index contributed by atoms with van der Waals surface area (Å²) in [6.07, 6.45) is 0.405. The fourth-order valence-corrected chi connectivity index (χ4v) is 5.95. The zero-order valence-corrected chi connectivity index (χ0v) is 25.9. The van der Waals surface area contributed by atoms with Crippen LogP contribution in [0.5, 0.6) is 5.75 Å². The Balaban J connectivity index is 0.00000132. The molecule has 42 heavy (non-hydrogen) atoms. The minimum atomic E-state index is -1.38. The van der Waals surface area contributed by atoms with Crippen LogP contribution in [-0.2, 0) is 23.9 Å². The number of benzene rings is 6. The van der Waals surface area contributed by atoms with Gasteiger partial charge < -0.3 is 12.5 Å². The molecule has 0 atom stereocenters. The Labute approximate surface area is 263 Å². The summed E-state index contributed by atoms with van der Waals surface area (Å²) in [6.45, 7) is 0.533. The van der Waals surface area contributed by atoms with Crippen LogP contribution in [0.1, 0.15) is 11.1 Å². The summed E-state index contributed by atoms with van der Waals surface area (Å²) in [4.78, 5) is 4.71. The molecule has 5 heteroatoms. The maximum absolute atomic E-state index is 10.5. The SMILES string of the molecule is Oc1ccc2ccccc2c1C=NCc1ccc([B-](c2ccccc2)(c2ccccc2)c2ccccc2)cc1.[CH3-].[Cl][Ru+2]. The van der Waals surface area contributed by atoms with E-state index in [2.05, 4.69) is 125 Å². The Morgan fingerprint density at radius 1 is 0.571 bits per heavy atom. The molecule has 0 spiro atoms. The number of aliphatic imine (C=N–C) groups is 1. The van der Waals surface area contributed by atoms with Gasteiger partial charge in [-0.3, -0.25) is 4.99 Å². The van der Waals surface area contributed by atoms with Crippen molar-refractivity contribution in [2.24, 2.45) is 4.99 Å². The molecule has 0 saturated heterocycles. The molecule has 6 aromatic carbocycles. The van der Waals surface area contributed by atoms with Crippen LogP contribution in [0, 0.1) is 7.43 Å². The Morgan fingerprint density at radius 3 is 1.55 bits per heavy atom. The van der Waals surface area contributed by atoms with E-state index in [1.807, 2.05) is 47.6 Å². The van der Waals surface area contributed by atoms with Gasteiger partial charge in [0, 0.05) is 11.8 Å². The van der Waals surface area contributed by atoms with Crippen LogP contribution >= 0.6 is 9.69 Å². The van der Waals surface area contributed by atoms with Crippen LogP contribution < -0.4 is 21.9 Å². The average Bonchev–Trinajstić information content (AvgIpc) is 3.06. The fourth-order valence-electron chi connectivity index (χ4n) is 5.95. The van der Waals surface area contributed by atoms with Crippen LogP contribution in [0.2, 0.25) is 0 Å². The Hall–Kier alpha value is -3.97. The fraction of sp³-hybridized carbons (Fsp3) is 0.0270. The number of rotatable bonds is 7. The number of phenolic OH excluding ortho intramolecular Hbond substituents is 1. The molecule has 0 heterocycles. The van der Waals surface area contributed by atoms with E-state index < -0.39 is 6.15 Å². The third kappa shape index (κ3) is 6.26. The second-order valence-corrected chi connectivity index (χ2v) is 10.0. The van der Waals surface area contributed by atoms with Crippen molar-refractivity contribution in [2.75, 3.05) is 0 Å². The summed E-state index contributed by atoms with van der Waals surface area (Å²) in [5.74, 6) is 0.244. The van der Waals surface area contributed by atoms with Gasteiger partial charge in [0.15, 0.2) is 0 Å². The first kappa shape index (κ1) is 31.0. The molecule has 6 rings (SSSR count). The molecule has 0 aliphatic rings. The Morgan fingerprint density at radius 2 is 1.02 bits per heavy atom. The topological polar surface area (TPSA) is 32.6 Å². The van der Waals surface area contributed by atoms with Gasteiger partial charge in [-0.1, -0.05) is 146 Å². The van der Waals surface area contributed by atoms with Gasteiger partial charge in [0.05, 0.1) is 6.54 Å². The summed E-state index contributed by atoms with van der Waals surface area (Å²) in [7, 11) is 4.57. The molecule has 2 nitrogen and oxygen atoms in total. The van der Waals surface area contributed by atoms with Crippen molar-refractivity contribution in [3.63, 3.8) is 0 Å².